The van der Waals surface area contributed by atoms with Crippen LogP contribution in [0.1, 0.15) is 30.9 Å². The predicted octanol–water partition coefficient (Wildman–Crippen LogP) is 2.02. The van der Waals surface area contributed by atoms with Gasteiger partial charge in [0.2, 0.25) is 5.95 Å². The molecular weight excluding hydrogens is 226 g/mol. The first-order valence-corrected chi connectivity index (χ1v) is 6.31. The van der Waals surface area contributed by atoms with Crippen LogP contribution in [0.3, 0.4) is 0 Å². The maximum absolute atomic E-state index is 4.54. The first-order chi connectivity index (χ1) is 8.74. The van der Waals surface area contributed by atoms with Crippen LogP contribution in [-0.4, -0.2) is 26.1 Å². The third-order valence-electron chi connectivity index (χ3n) is 2.88. The van der Waals surface area contributed by atoms with Crippen molar-refractivity contribution in [3.63, 3.8) is 0 Å². The van der Waals surface area contributed by atoms with E-state index in [0.29, 0.717) is 5.95 Å². The van der Waals surface area contributed by atoms with Crippen molar-refractivity contribution in [2.24, 2.45) is 0 Å². The molecule has 18 heavy (non-hydrogen) atoms. The van der Waals surface area contributed by atoms with E-state index in [4.69, 9.17) is 0 Å². The van der Waals surface area contributed by atoms with Crippen molar-refractivity contribution in [3.05, 3.63) is 35.7 Å². The fraction of sp³-hybridized carbons (Fsp3) is 0.462. The molecule has 2 rings (SSSR count). The maximum Gasteiger partial charge on any atom is 0.222 e. The molecule has 0 unspecified atom stereocenters. The zero-order valence-electron chi connectivity index (χ0n) is 11.1. The zero-order chi connectivity index (χ0) is 13.0. The summed E-state index contributed by atoms with van der Waals surface area (Å²) in [6.07, 6.45) is 6.44. The first kappa shape index (κ1) is 12.5. The number of aromatic nitrogens is 4. The molecule has 0 radical (unpaired) electrons. The number of hydrogen-bond acceptors (Lipinski definition) is 4. The van der Waals surface area contributed by atoms with Crippen LogP contribution < -0.4 is 5.32 Å². The fourth-order valence-corrected chi connectivity index (χ4v) is 1.84. The number of imidazole rings is 1. The van der Waals surface area contributed by atoms with Crippen molar-refractivity contribution in [1.29, 1.82) is 0 Å². The summed E-state index contributed by atoms with van der Waals surface area (Å²) >= 11 is 0. The van der Waals surface area contributed by atoms with Gasteiger partial charge in [0.1, 0.15) is 5.82 Å². The lowest BCUT2D eigenvalue weighted by molar-refractivity contribution is 0.707. The average Bonchev–Trinajstić information content (AvgIpc) is 2.81. The van der Waals surface area contributed by atoms with Crippen LogP contribution in [0, 0.1) is 6.92 Å². The first-order valence-electron chi connectivity index (χ1n) is 6.31. The van der Waals surface area contributed by atoms with E-state index in [1.54, 1.807) is 0 Å². The van der Waals surface area contributed by atoms with Gasteiger partial charge < -0.3 is 9.88 Å². The van der Waals surface area contributed by atoms with Crippen LogP contribution in [0.4, 0.5) is 5.95 Å². The standard InChI is InChI=1S/C13H19N5/c1-4-14-13-16-9-10(3)11(17-13)8-12-15-6-7-18(12)5-2/h6-7,9H,4-5,8H2,1-3H3,(H,14,16,17). The van der Waals surface area contributed by atoms with Crippen LogP contribution in [0.15, 0.2) is 18.6 Å². The molecule has 0 aliphatic heterocycles. The van der Waals surface area contributed by atoms with Gasteiger partial charge in [0.05, 0.1) is 5.69 Å². The molecule has 1 N–H and O–H groups in total. The van der Waals surface area contributed by atoms with Crippen molar-refractivity contribution < 1.29 is 0 Å². The Morgan fingerprint density at radius 3 is 2.83 bits per heavy atom. The highest BCUT2D eigenvalue weighted by molar-refractivity contribution is 5.30. The van der Waals surface area contributed by atoms with Crippen molar-refractivity contribution in [2.75, 3.05) is 11.9 Å². The molecule has 0 aromatic carbocycles. The third kappa shape index (κ3) is 2.67. The molecule has 2 aromatic rings. The van der Waals surface area contributed by atoms with Gasteiger partial charge in [-0.3, -0.25) is 0 Å². The van der Waals surface area contributed by atoms with Gasteiger partial charge in [-0.1, -0.05) is 0 Å². The Morgan fingerprint density at radius 2 is 2.11 bits per heavy atom. The number of rotatable bonds is 5. The van der Waals surface area contributed by atoms with Gasteiger partial charge in [-0.15, -0.1) is 0 Å². The molecule has 0 fully saturated rings. The summed E-state index contributed by atoms with van der Waals surface area (Å²) in [5, 5.41) is 3.13. The van der Waals surface area contributed by atoms with Gasteiger partial charge in [0, 0.05) is 38.1 Å². The smallest absolute Gasteiger partial charge is 0.222 e. The van der Waals surface area contributed by atoms with Crippen LogP contribution in [-0.2, 0) is 13.0 Å². The van der Waals surface area contributed by atoms with E-state index in [9.17, 15) is 0 Å². The number of anilines is 1. The molecule has 96 valence electrons. The minimum atomic E-state index is 0.688. The highest BCUT2D eigenvalue weighted by atomic mass is 15.1. The molecule has 0 atom stereocenters. The molecule has 0 bridgehead atoms. The molecule has 0 saturated carbocycles. The van der Waals surface area contributed by atoms with E-state index in [1.807, 2.05) is 32.4 Å². The summed E-state index contributed by atoms with van der Waals surface area (Å²) in [5.41, 5.74) is 2.13. The second-order valence-corrected chi connectivity index (χ2v) is 4.16. The molecule has 2 heterocycles. The second-order valence-electron chi connectivity index (χ2n) is 4.16. The van der Waals surface area contributed by atoms with Crippen molar-refractivity contribution in [1.82, 2.24) is 19.5 Å². The number of hydrogen-bond donors (Lipinski definition) is 1. The number of nitrogens with zero attached hydrogens (tertiary/aromatic N) is 4. The van der Waals surface area contributed by atoms with Crippen LogP contribution in [0.2, 0.25) is 0 Å². The quantitative estimate of drug-likeness (QED) is 0.875. The number of nitrogens with one attached hydrogen (secondary N) is 1. The lowest BCUT2D eigenvalue weighted by atomic mass is 10.2. The van der Waals surface area contributed by atoms with Gasteiger partial charge in [-0.25, -0.2) is 15.0 Å². The average molecular weight is 245 g/mol. The van der Waals surface area contributed by atoms with Crippen molar-refractivity contribution in [3.8, 4) is 0 Å². The van der Waals surface area contributed by atoms with E-state index >= 15 is 0 Å². The van der Waals surface area contributed by atoms with E-state index in [2.05, 4.69) is 31.8 Å². The van der Waals surface area contributed by atoms with E-state index < -0.39 is 0 Å². The van der Waals surface area contributed by atoms with Gasteiger partial charge in [-0.2, -0.15) is 0 Å². The summed E-state index contributed by atoms with van der Waals surface area (Å²) in [5.74, 6) is 1.73. The summed E-state index contributed by atoms with van der Waals surface area (Å²) in [6, 6.07) is 0. The van der Waals surface area contributed by atoms with E-state index in [0.717, 1.165) is 36.6 Å². The predicted molar refractivity (Wildman–Crippen MR) is 71.6 cm³/mol. The number of aryl methyl sites for hydroxylation is 2. The summed E-state index contributed by atoms with van der Waals surface area (Å²) in [4.78, 5) is 13.2. The summed E-state index contributed by atoms with van der Waals surface area (Å²) in [6.45, 7) is 7.94. The van der Waals surface area contributed by atoms with Gasteiger partial charge in [0.25, 0.3) is 0 Å². The Labute approximate surface area is 107 Å². The van der Waals surface area contributed by atoms with Crippen LogP contribution in [0.25, 0.3) is 0 Å². The van der Waals surface area contributed by atoms with Gasteiger partial charge in [0.15, 0.2) is 0 Å². The molecule has 0 aliphatic carbocycles. The molecule has 0 aliphatic rings. The summed E-state index contributed by atoms with van der Waals surface area (Å²) in [7, 11) is 0. The monoisotopic (exact) mass is 245 g/mol. The molecular formula is C13H19N5. The normalized spacial score (nSPS) is 10.6. The van der Waals surface area contributed by atoms with Crippen LogP contribution in [0.5, 0.6) is 0 Å². The second kappa shape index (κ2) is 5.62. The van der Waals surface area contributed by atoms with Gasteiger partial charge in [-0.05, 0) is 26.3 Å². The molecule has 5 heteroatoms. The topological polar surface area (TPSA) is 55.6 Å². The highest BCUT2D eigenvalue weighted by Gasteiger charge is 2.08. The minimum absolute atomic E-state index is 0.688. The Bertz CT molecular complexity index is 518. The molecule has 0 saturated heterocycles. The van der Waals surface area contributed by atoms with Gasteiger partial charge >= 0.3 is 0 Å². The maximum atomic E-state index is 4.54. The lowest BCUT2D eigenvalue weighted by Crippen LogP contribution is -2.08. The van der Waals surface area contributed by atoms with E-state index in [-0.39, 0.29) is 0 Å². The Kier molecular flexibility index (Phi) is 3.92. The van der Waals surface area contributed by atoms with Crippen molar-refractivity contribution >= 4 is 5.95 Å². The Hall–Kier alpha value is -1.91. The third-order valence-corrected chi connectivity index (χ3v) is 2.88. The lowest BCUT2D eigenvalue weighted by Gasteiger charge is -2.08. The summed E-state index contributed by atoms with van der Waals surface area (Å²) < 4.78 is 2.13. The molecule has 2 aromatic heterocycles. The Balaban J connectivity index is 2.25. The highest BCUT2D eigenvalue weighted by Crippen LogP contribution is 2.12. The van der Waals surface area contributed by atoms with Crippen molar-refractivity contribution in [2.45, 2.75) is 33.7 Å². The molecule has 0 spiro atoms. The van der Waals surface area contributed by atoms with Crippen LogP contribution >= 0.6 is 0 Å². The molecule has 5 nitrogen and oxygen atoms in total. The zero-order valence-corrected chi connectivity index (χ0v) is 11.1. The largest absolute Gasteiger partial charge is 0.354 e. The fourth-order valence-electron chi connectivity index (χ4n) is 1.84. The van der Waals surface area contributed by atoms with E-state index in [1.165, 1.54) is 0 Å². The minimum Gasteiger partial charge on any atom is -0.354 e. The SMILES string of the molecule is CCNc1ncc(C)c(Cc2nccn2CC)n1. The Morgan fingerprint density at radius 1 is 1.28 bits per heavy atom. The molecule has 0 amide bonds.